The van der Waals surface area contributed by atoms with Crippen molar-refractivity contribution in [3.05, 3.63) is 59.9 Å². The van der Waals surface area contributed by atoms with Gasteiger partial charge in [-0.3, -0.25) is 9.10 Å². The summed E-state index contributed by atoms with van der Waals surface area (Å²) in [6, 6.07) is 12.2. The molecule has 2 aromatic carbocycles. The van der Waals surface area contributed by atoms with Gasteiger partial charge in [0.2, 0.25) is 15.9 Å². The fourth-order valence-corrected chi connectivity index (χ4v) is 4.49. The Morgan fingerprint density at radius 1 is 1.13 bits per heavy atom. The average molecular weight is 437 g/mol. The first-order valence-corrected chi connectivity index (χ1v) is 11.9. The second-order valence-electron chi connectivity index (χ2n) is 6.87. The van der Waals surface area contributed by atoms with E-state index >= 15 is 0 Å². The summed E-state index contributed by atoms with van der Waals surface area (Å²) in [5.74, 6) is -0.327. The van der Waals surface area contributed by atoms with Gasteiger partial charge in [0.15, 0.2) is 0 Å². The number of benzene rings is 2. The standard InChI is InChI=1S/C22H29FN2O4S/c1-4-19(25(30(3,27)28)20-14-8-7-13-18(20)23)22(26)24-16-10-12-17-11-6-9-15-21(17)29-5-2/h6-9,11,13-15,19H,4-5,10,12,16H2,1-3H3,(H,24,26). The normalized spacial score (nSPS) is 12.3. The number of ether oxygens (including phenoxy) is 1. The number of amides is 1. The van der Waals surface area contributed by atoms with Crippen molar-refractivity contribution in [1.82, 2.24) is 5.32 Å². The maximum absolute atomic E-state index is 14.3. The zero-order valence-electron chi connectivity index (χ0n) is 17.6. The van der Waals surface area contributed by atoms with Crippen LogP contribution in [0.3, 0.4) is 0 Å². The molecule has 6 nitrogen and oxygen atoms in total. The predicted octanol–water partition coefficient (Wildman–Crippen LogP) is 3.52. The average Bonchev–Trinajstić information content (AvgIpc) is 2.70. The lowest BCUT2D eigenvalue weighted by atomic mass is 10.1. The molecule has 1 atom stereocenters. The van der Waals surface area contributed by atoms with Crippen LogP contribution < -0.4 is 14.4 Å². The zero-order chi connectivity index (χ0) is 22.1. The Morgan fingerprint density at radius 2 is 1.80 bits per heavy atom. The highest BCUT2D eigenvalue weighted by molar-refractivity contribution is 7.92. The van der Waals surface area contributed by atoms with Gasteiger partial charge in [-0.25, -0.2) is 12.8 Å². The number of halogens is 1. The van der Waals surface area contributed by atoms with Crippen molar-refractivity contribution >= 4 is 21.6 Å². The van der Waals surface area contributed by atoms with Gasteiger partial charge < -0.3 is 10.1 Å². The van der Waals surface area contributed by atoms with E-state index in [0.29, 0.717) is 26.0 Å². The Labute approximate surface area is 178 Å². The van der Waals surface area contributed by atoms with Crippen molar-refractivity contribution < 1.29 is 22.3 Å². The molecule has 0 heterocycles. The highest BCUT2D eigenvalue weighted by atomic mass is 32.2. The number of sulfonamides is 1. The minimum absolute atomic E-state index is 0.132. The zero-order valence-corrected chi connectivity index (χ0v) is 18.4. The van der Waals surface area contributed by atoms with Crippen LogP contribution in [0.4, 0.5) is 10.1 Å². The molecule has 1 N–H and O–H groups in total. The number of para-hydroxylation sites is 2. The van der Waals surface area contributed by atoms with Crippen molar-refractivity contribution in [2.75, 3.05) is 23.7 Å². The number of nitrogens with one attached hydrogen (secondary N) is 1. The molecule has 0 radical (unpaired) electrons. The molecule has 1 amide bonds. The Morgan fingerprint density at radius 3 is 2.43 bits per heavy atom. The van der Waals surface area contributed by atoms with Gasteiger partial charge >= 0.3 is 0 Å². The van der Waals surface area contributed by atoms with Gasteiger partial charge in [-0.1, -0.05) is 37.3 Å². The van der Waals surface area contributed by atoms with Gasteiger partial charge in [0.05, 0.1) is 18.6 Å². The molecule has 0 bridgehead atoms. The Balaban J connectivity index is 2.06. The van der Waals surface area contributed by atoms with Crippen LogP contribution in [0.5, 0.6) is 5.75 Å². The molecule has 1 unspecified atom stereocenters. The molecule has 0 saturated heterocycles. The molecule has 0 aliphatic rings. The minimum Gasteiger partial charge on any atom is -0.494 e. The van der Waals surface area contributed by atoms with E-state index in [2.05, 4.69) is 5.32 Å². The number of carbonyl (C=O) groups is 1. The first-order chi connectivity index (χ1) is 14.3. The second kappa shape index (κ2) is 11.0. The molecule has 30 heavy (non-hydrogen) atoms. The summed E-state index contributed by atoms with van der Waals surface area (Å²) in [5.41, 5.74) is 0.914. The van der Waals surface area contributed by atoms with E-state index in [1.165, 1.54) is 24.3 Å². The fourth-order valence-electron chi connectivity index (χ4n) is 3.28. The fraction of sp³-hybridized carbons (Fsp3) is 0.409. The quantitative estimate of drug-likeness (QED) is 0.547. The summed E-state index contributed by atoms with van der Waals surface area (Å²) >= 11 is 0. The molecule has 2 rings (SSSR count). The summed E-state index contributed by atoms with van der Waals surface area (Å²) < 4.78 is 45.5. The largest absolute Gasteiger partial charge is 0.494 e. The first kappa shape index (κ1) is 23.7. The van der Waals surface area contributed by atoms with Crippen molar-refractivity contribution in [2.45, 2.75) is 39.2 Å². The molecule has 2 aromatic rings. The van der Waals surface area contributed by atoms with Crippen molar-refractivity contribution in [2.24, 2.45) is 0 Å². The summed E-state index contributed by atoms with van der Waals surface area (Å²) in [6.07, 6.45) is 2.54. The Bertz CT molecular complexity index is 950. The number of aryl methyl sites for hydroxylation is 1. The lowest BCUT2D eigenvalue weighted by Crippen LogP contribution is -2.49. The maximum Gasteiger partial charge on any atom is 0.243 e. The van der Waals surface area contributed by atoms with E-state index in [1.54, 1.807) is 6.92 Å². The summed E-state index contributed by atoms with van der Waals surface area (Å²) in [4.78, 5) is 12.8. The third kappa shape index (κ3) is 6.19. The molecule has 164 valence electrons. The first-order valence-electron chi connectivity index (χ1n) is 10.0. The minimum atomic E-state index is -3.87. The lowest BCUT2D eigenvalue weighted by molar-refractivity contribution is -0.122. The molecule has 0 spiro atoms. The van der Waals surface area contributed by atoms with Crippen LogP contribution in [0.25, 0.3) is 0 Å². The number of hydrogen-bond donors (Lipinski definition) is 1. The van der Waals surface area contributed by atoms with Crippen LogP contribution in [0.1, 0.15) is 32.3 Å². The van der Waals surface area contributed by atoms with Crippen LogP contribution in [0, 0.1) is 5.82 Å². The van der Waals surface area contributed by atoms with E-state index in [0.717, 1.165) is 21.9 Å². The molecule has 8 heteroatoms. The molecule has 0 fully saturated rings. The predicted molar refractivity (Wildman–Crippen MR) is 117 cm³/mol. The SMILES string of the molecule is CCOc1ccccc1CCCNC(=O)C(CC)N(c1ccccc1F)S(C)(=O)=O. The lowest BCUT2D eigenvalue weighted by Gasteiger charge is -2.30. The molecule has 0 aromatic heterocycles. The van der Waals surface area contributed by atoms with E-state index in [1.807, 2.05) is 31.2 Å². The Hall–Kier alpha value is -2.61. The van der Waals surface area contributed by atoms with Crippen LogP contribution in [0.15, 0.2) is 48.5 Å². The van der Waals surface area contributed by atoms with E-state index in [-0.39, 0.29) is 12.1 Å². The van der Waals surface area contributed by atoms with Gasteiger partial charge in [-0.2, -0.15) is 0 Å². The van der Waals surface area contributed by atoms with Gasteiger partial charge in [-0.15, -0.1) is 0 Å². The molecule has 0 aliphatic heterocycles. The van der Waals surface area contributed by atoms with Crippen molar-refractivity contribution in [1.29, 1.82) is 0 Å². The van der Waals surface area contributed by atoms with E-state index in [4.69, 9.17) is 4.74 Å². The number of nitrogens with zero attached hydrogens (tertiary/aromatic N) is 1. The van der Waals surface area contributed by atoms with Crippen LogP contribution in [-0.2, 0) is 21.2 Å². The van der Waals surface area contributed by atoms with Gasteiger partial charge in [-0.05, 0) is 49.9 Å². The maximum atomic E-state index is 14.3. The number of hydrogen-bond acceptors (Lipinski definition) is 4. The monoisotopic (exact) mass is 436 g/mol. The third-order valence-corrected chi connectivity index (χ3v) is 5.78. The van der Waals surface area contributed by atoms with Gasteiger partial charge in [0.1, 0.15) is 17.6 Å². The van der Waals surface area contributed by atoms with Crippen LogP contribution >= 0.6 is 0 Å². The highest BCUT2D eigenvalue weighted by Crippen LogP contribution is 2.25. The second-order valence-corrected chi connectivity index (χ2v) is 8.73. The topological polar surface area (TPSA) is 75.7 Å². The molecule has 0 saturated carbocycles. The van der Waals surface area contributed by atoms with Crippen LogP contribution in [-0.4, -0.2) is 39.8 Å². The van der Waals surface area contributed by atoms with Gasteiger partial charge in [0, 0.05) is 6.54 Å². The summed E-state index contributed by atoms with van der Waals surface area (Å²) in [6.45, 7) is 4.56. The Kier molecular flexibility index (Phi) is 8.65. The summed E-state index contributed by atoms with van der Waals surface area (Å²) in [7, 11) is -3.87. The smallest absolute Gasteiger partial charge is 0.243 e. The summed E-state index contributed by atoms with van der Waals surface area (Å²) in [5, 5.41) is 2.79. The van der Waals surface area contributed by atoms with E-state index < -0.39 is 27.8 Å². The van der Waals surface area contributed by atoms with Crippen molar-refractivity contribution in [3.8, 4) is 5.75 Å². The third-order valence-electron chi connectivity index (χ3n) is 4.61. The van der Waals surface area contributed by atoms with Gasteiger partial charge in [0.25, 0.3) is 0 Å². The number of rotatable bonds is 11. The molecule has 0 aliphatic carbocycles. The van der Waals surface area contributed by atoms with Crippen LogP contribution in [0.2, 0.25) is 0 Å². The highest BCUT2D eigenvalue weighted by Gasteiger charge is 2.32. The number of carbonyl (C=O) groups excluding carboxylic acids is 1. The van der Waals surface area contributed by atoms with E-state index in [9.17, 15) is 17.6 Å². The molecular formula is C22H29FN2O4S. The molecular weight excluding hydrogens is 407 g/mol. The number of anilines is 1. The van der Waals surface area contributed by atoms with Crippen molar-refractivity contribution in [3.63, 3.8) is 0 Å².